The number of aliphatic hydroxyl groups excluding tert-OH is 1. The highest BCUT2D eigenvalue weighted by Gasteiger charge is 2.44. The van der Waals surface area contributed by atoms with E-state index in [0.29, 0.717) is 6.54 Å². The number of β-amino-alcohol motifs (C(OH)–C–C–N with tert-alkyl or cyclic N) is 1. The van der Waals surface area contributed by atoms with Crippen LogP contribution in [0.3, 0.4) is 0 Å². The molecule has 2 aliphatic heterocycles. The summed E-state index contributed by atoms with van der Waals surface area (Å²) in [6, 6.07) is 18.4. The van der Waals surface area contributed by atoms with Crippen molar-refractivity contribution in [2.24, 2.45) is 0 Å². The topological polar surface area (TPSA) is 104 Å². The van der Waals surface area contributed by atoms with Crippen molar-refractivity contribution >= 4 is 38.4 Å². The van der Waals surface area contributed by atoms with Gasteiger partial charge in [0.25, 0.3) is 5.91 Å². The quantitative estimate of drug-likeness (QED) is 0.561. The maximum Gasteiger partial charge on any atom is 0.325 e. The molecular formula is C25H24N2O6S. The average molecular weight is 481 g/mol. The number of rotatable bonds is 5. The monoisotopic (exact) mass is 480 g/mol. The van der Waals surface area contributed by atoms with E-state index in [1.54, 1.807) is 23.1 Å². The van der Waals surface area contributed by atoms with E-state index in [9.17, 15) is 23.1 Å². The Balaban J connectivity index is 1.31. The Morgan fingerprint density at radius 3 is 2.56 bits per heavy atom. The van der Waals surface area contributed by atoms with Gasteiger partial charge < -0.3 is 14.7 Å². The predicted octanol–water partition coefficient (Wildman–Crippen LogP) is 2.10. The number of anilines is 1. The number of carbonyl (C=O) groups excluding carboxylic acids is 2. The summed E-state index contributed by atoms with van der Waals surface area (Å²) in [5.41, 5.74) is 1.84. The summed E-state index contributed by atoms with van der Waals surface area (Å²) in [5, 5.41) is 11.8. The number of benzene rings is 3. The molecule has 0 radical (unpaired) electrons. The number of fused-ring (bicyclic) bond motifs is 2. The number of aliphatic hydroxyl groups is 1. The maximum absolute atomic E-state index is 13.4. The van der Waals surface area contributed by atoms with Gasteiger partial charge in [0.1, 0.15) is 6.04 Å². The summed E-state index contributed by atoms with van der Waals surface area (Å²) < 4.78 is 32.9. The van der Waals surface area contributed by atoms with Crippen molar-refractivity contribution in [3.8, 4) is 0 Å². The molecule has 8 nitrogen and oxygen atoms in total. The molecule has 9 heteroatoms. The number of esters is 1. The van der Waals surface area contributed by atoms with E-state index < -0.39 is 34.7 Å². The number of para-hydroxylation sites is 1. The molecule has 176 valence electrons. The molecule has 0 aromatic heterocycles. The van der Waals surface area contributed by atoms with E-state index in [4.69, 9.17) is 4.74 Å². The van der Waals surface area contributed by atoms with Crippen molar-refractivity contribution in [3.63, 3.8) is 0 Å². The molecule has 1 saturated heterocycles. The number of hydrogen-bond acceptors (Lipinski definition) is 6. The zero-order chi connectivity index (χ0) is 23.9. The fraction of sp³-hybridized carbons (Fsp3) is 0.280. The van der Waals surface area contributed by atoms with Crippen LogP contribution < -0.4 is 4.90 Å². The maximum atomic E-state index is 13.4. The highest BCUT2D eigenvalue weighted by Crippen LogP contribution is 2.30. The summed E-state index contributed by atoms with van der Waals surface area (Å²) in [7, 11) is -4.07. The Hall–Kier alpha value is -3.27. The summed E-state index contributed by atoms with van der Waals surface area (Å²) in [6.45, 7) is -0.216. The zero-order valence-corrected chi connectivity index (χ0v) is 19.1. The number of amides is 1. The van der Waals surface area contributed by atoms with E-state index in [-0.39, 0.29) is 23.8 Å². The Kier molecular flexibility index (Phi) is 5.85. The summed E-state index contributed by atoms with van der Waals surface area (Å²) in [4.78, 5) is 27.1. The van der Waals surface area contributed by atoms with Crippen LogP contribution in [0.15, 0.2) is 71.6 Å². The van der Waals surface area contributed by atoms with Crippen LogP contribution in [0.1, 0.15) is 12.0 Å². The van der Waals surface area contributed by atoms with Crippen molar-refractivity contribution < 1.29 is 27.9 Å². The van der Waals surface area contributed by atoms with Crippen molar-refractivity contribution in [2.75, 3.05) is 24.6 Å². The SMILES string of the molecule is O=C(OCC(=O)N1CCc2ccccc21)C1CC(O)CN1S(=O)(=O)c1ccc2ccccc2c1. The van der Waals surface area contributed by atoms with Crippen LogP contribution in [0.2, 0.25) is 0 Å². The van der Waals surface area contributed by atoms with E-state index in [2.05, 4.69) is 0 Å². The third-order valence-electron chi connectivity index (χ3n) is 6.36. The minimum absolute atomic E-state index is 0.0304. The molecule has 3 aromatic rings. The lowest BCUT2D eigenvalue weighted by Gasteiger charge is -2.23. The minimum atomic E-state index is -4.07. The standard InChI is InChI=1S/C25H24N2O6S/c28-20-14-23(25(30)33-16-24(29)26-12-11-18-6-3-4-8-22(18)26)27(15-20)34(31,32)21-10-9-17-5-1-2-7-19(17)13-21/h1-10,13,20,23,28H,11-12,14-16H2. The summed E-state index contributed by atoms with van der Waals surface area (Å²) >= 11 is 0. The predicted molar refractivity (Wildman–Crippen MR) is 126 cm³/mol. The molecule has 1 N–H and O–H groups in total. The lowest BCUT2D eigenvalue weighted by molar-refractivity contribution is -0.151. The van der Waals surface area contributed by atoms with Gasteiger partial charge in [-0.2, -0.15) is 4.31 Å². The number of carbonyl (C=O) groups is 2. The number of ether oxygens (including phenoxy) is 1. The Labute approximate surface area is 197 Å². The van der Waals surface area contributed by atoms with Crippen molar-refractivity contribution in [1.82, 2.24) is 4.31 Å². The van der Waals surface area contributed by atoms with Crippen LogP contribution in [-0.4, -0.2) is 61.5 Å². The number of hydrogen-bond donors (Lipinski definition) is 1. The van der Waals surface area contributed by atoms with Gasteiger partial charge in [-0.3, -0.25) is 9.59 Å². The van der Waals surface area contributed by atoms with E-state index >= 15 is 0 Å². The second-order valence-electron chi connectivity index (χ2n) is 8.52. The molecule has 1 amide bonds. The van der Waals surface area contributed by atoms with Gasteiger partial charge in [-0.1, -0.05) is 48.5 Å². The van der Waals surface area contributed by atoms with Gasteiger partial charge in [0.2, 0.25) is 10.0 Å². The second-order valence-corrected chi connectivity index (χ2v) is 10.4. The molecular weight excluding hydrogens is 456 g/mol. The first-order valence-electron chi connectivity index (χ1n) is 11.1. The highest BCUT2D eigenvalue weighted by atomic mass is 32.2. The lowest BCUT2D eigenvalue weighted by Crippen LogP contribution is -2.42. The first-order valence-corrected chi connectivity index (χ1v) is 12.5. The zero-order valence-electron chi connectivity index (χ0n) is 18.3. The summed E-state index contributed by atoms with van der Waals surface area (Å²) in [5.74, 6) is -1.22. The van der Waals surface area contributed by atoms with Gasteiger partial charge in [0.15, 0.2) is 6.61 Å². The molecule has 1 fully saturated rings. The average Bonchev–Trinajstić information content (AvgIpc) is 3.46. The van der Waals surface area contributed by atoms with Gasteiger partial charge in [0.05, 0.1) is 11.0 Å². The van der Waals surface area contributed by atoms with Crippen LogP contribution in [-0.2, 0) is 30.8 Å². The molecule has 34 heavy (non-hydrogen) atoms. The molecule has 5 rings (SSSR count). The van der Waals surface area contributed by atoms with Crippen LogP contribution in [0.4, 0.5) is 5.69 Å². The fourth-order valence-corrected chi connectivity index (χ4v) is 6.29. The third-order valence-corrected chi connectivity index (χ3v) is 8.23. The molecule has 2 heterocycles. The van der Waals surface area contributed by atoms with Crippen molar-refractivity contribution in [3.05, 3.63) is 72.3 Å². The first-order chi connectivity index (χ1) is 16.3. The molecule has 0 spiro atoms. The smallest absolute Gasteiger partial charge is 0.325 e. The molecule has 0 aliphatic carbocycles. The van der Waals surface area contributed by atoms with Crippen LogP contribution in [0.5, 0.6) is 0 Å². The highest BCUT2D eigenvalue weighted by molar-refractivity contribution is 7.89. The molecule has 0 bridgehead atoms. The van der Waals surface area contributed by atoms with Gasteiger partial charge in [-0.05, 0) is 41.0 Å². The molecule has 2 unspecified atom stereocenters. The largest absolute Gasteiger partial charge is 0.454 e. The minimum Gasteiger partial charge on any atom is -0.454 e. The van der Waals surface area contributed by atoms with Crippen molar-refractivity contribution in [2.45, 2.75) is 29.9 Å². The normalized spacial score (nSPS) is 20.4. The van der Waals surface area contributed by atoms with Gasteiger partial charge in [0, 0.05) is 25.2 Å². The van der Waals surface area contributed by atoms with E-state index in [0.717, 1.165) is 32.7 Å². The molecule has 0 saturated carbocycles. The van der Waals surface area contributed by atoms with Crippen LogP contribution in [0, 0.1) is 0 Å². The van der Waals surface area contributed by atoms with Gasteiger partial charge >= 0.3 is 5.97 Å². The second kappa shape index (κ2) is 8.83. The van der Waals surface area contributed by atoms with Crippen molar-refractivity contribution in [1.29, 1.82) is 0 Å². The van der Waals surface area contributed by atoms with Gasteiger partial charge in [-0.15, -0.1) is 0 Å². The lowest BCUT2D eigenvalue weighted by atomic mass is 10.1. The van der Waals surface area contributed by atoms with Crippen LogP contribution >= 0.6 is 0 Å². The Morgan fingerprint density at radius 1 is 1.00 bits per heavy atom. The third kappa shape index (κ3) is 4.06. The van der Waals surface area contributed by atoms with Gasteiger partial charge in [-0.25, -0.2) is 8.42 Å². The Morgan fingerprint density at radius 2 is 1.74 bits per heavy atom. The van der Waals surface area contributed by atoms with E-state index in [1.807, 2.05) is 42.5 Å². The number of sulfonamides is 1. The Bertz CT molecular complexity index is 1370. The fourth-order valence-electron chi connectivity index (χ4n) is 4.63. The molecule has 2 atom stereocenters. The molecule has 2 aliphatic rings. The van der Waals surface area contributed by atoms with Crippen LogP contribution in [0.25, 0.3) is 10.8 Å². The first kappa shape index (κ1) is 22.5. The molecule has 3 aromatic carbocycles. The summed E-state index contributed by atoms with van der Waals surface area (Å²) in [6.07, 6.45) is -0.372. The number of nitrogens with zero attached hydrogens (tertiary/aromatic N) is 2. The van der Waals surface area contributed by atoms with E-state index in [1.165, 1.54) is 6.07 Å².